The van der Waals surface area contributed by atoms with Crippen molar-refractivity contribution in [2.75, 3.05) is 31.1 Å². The highest BCUT2D eigenvalue weighted by molar-refractivity contribution is 5.82. The number of fused-ring (bicyclic) bond motifs is 8. The van der Waals surface area contributed by atoms with Gasteiger partial charge in [-0.15, -0.1) is 0 Å². The van der Waals surface area contributed by atoms with Crippen LogP contribution in [0.1, 0.15) is 103 Å². The summed E-state index contributed by atoms with van der Waals surface area (Å²) in [5.41, 5.74) is 3.71. The molecule has 2 aromatic heterocycles. The van der Waals surface area contributed by atoms with E-state index in [0.29, 0.717) is 61.0 Å². The Labute approximate surface area is 318 Å². The molecule has 0 unspecified atom stereocenters. The van der Waals surface area contributed by atoms with E-state index < -0.39 is 23.3 Å². The summed E-state index contributed by atoms with van der Waals surface area (Å²) >= 11 is 0. The molecule has 11 heteroatoms. The Morgan fingerprint density at radius 2 is 1.83 bits per heavy atom. The van der Waals surface area contributed by atoms with Gasteiger partial charge >= 0.3 is 5.97 Å². The molecule has 6 bridgehead atoms. The van der Waals surface area contributed by atoms with Crippen molar-refractivity contribution in [2.45, 2.75) is 123 Å². The average Bonchev–Trinajstić information content (AvgIpc) is 3.53. The van der Waals surface area contributed by atoms with Gasteiger partial charge in [0.05, 0.1) is 28.6 Å². The second-order valence-electron chi connectivity index (χ2n) is 17.0. The molecule has 1 saturated heterocycles. The van der Waals surface area contributed by atoms with E-state index in [-0.39, 0.29) is 17.5 Å². The highest BCUT2D eigenvalue weighted by atomic mass is 19.1. The van der Waals surface area contributed by atoms with Crippen LogP contribution in [0.4, 0.5) is 10.2 Å². The Balaban J connectivity index is 1.60. The van der Waals surface area contributed by atoms with Crippen LogP contribution in [-0.2, 0) is 20.8 Å². The topological polar surface area (TPSA) is 118 Å². The van der Waals surface area contributed by atoms with Crippen LogP contribution in [0.15, 0.2) is 48.7 Å². The van der Waals surface area contributed by atoms with Crippen LogP contribution in [0.5, 0.6) is 5.75 Å². The van der Waals surface area contributed by atoms with E-state index in [1.54, 1.807) is 19.9 Å². The number of aliphatic hydroxyl groups is 1. The first-order valence-corrected chi connectivity index (χ1v) is 19.3. The Bertz CT molecular complexity index is 1970. The molecule has 3 N–H and O–H groups in total. The zero-order valence-corrected chi connectivity index (χ0v) is 33.1. The van der Waals surface area contributed by atoms with Crippen molar-refractivity contribution >= 4 is 17.4 Å². The monoisotopic (exact) mass is 744 g/mol. The first kappa shape index (κ1) is 39.7. The lowest BCUT2D eigenvalue weighted by Crippen LogP contribution is -2.46. The lowest BCUT2D eigenvalue weighted by Gasteiger charge is -2.42. The van der Waals surface area contributed by atoms with Crippen molar-refractivity contribution in [3.8, 4) is 28.1 Å². The summed E-state index contributed by atoms with van der Waals surface area (Å²) in [5.74, 6) is -0.0908. The number of anilines is 1. The van der Waals surface area contributed by atoms with Gasteiger partial charge in [-0.3, -0.25) is 4.40 Å². The number of hydrogen-bond donors (Lipinski definition) is 3. The minimum absolute atomic E-state index is 0.0727. The van der Waals surface area contributed by atoms with Crippen LogP contribution >= 0.6 is 0 Å². The zero-order chi connectivity index (χ0) is 39.0. The Morgan fingerprint density at radius 1 is 1.11 bits per heavy atom. The number of aromatic nitrogens is 2. The number of carboxylic acids is 1. The number of pyridine rings is 1. The van der Waals surface area contributed by atoms with Crippen LogP contribution in [0, 0.1) is 12.7 Å². The Hall–Kier alpha value is -4.03. The minimum Gasteiger partial charge on any atom is -0.490 e. The highest BCUT2D eigenvalue weighted by Gasteiger charge is 2.38. The molecule has 0 radical (unpaired) electrons. The van der Waals surface area contributed by atoms with Crippen molar-refractivity contribution in [1.82, 2.24) is 14.7 Å². The van der Waals surface area contributed by atoms with Crippen molar-refractivity contribution in [2.24, 2.45) is 0 Å². The maximum Gasteiger partial charge on any atom is 0.337 e. The summed E-state index contributed by atoms with van der Waals surface area (Å²) in [6.07, 6.45) is 4.80. The molecule has 54 heavy (non-hydrogen) atoms. The molecule has 1 fully saturated rings. The molecular formula is C43H57FN4O6. The number of aliphatic carboxylic acids is 1. The molecular weight excluding hydrogens is 687 g/mol. The average molecular weight is 745 g/mol. The molecule has 2 atom stereocenters. The molecule has 3 aliphatic heterocycles. The zero-order valence-electron chi connectivity index (χ0n) is 33.1. The number of hydrogen-bond acceptors (Lipinski definition) is 8. The summed E-state index contributed by atoms with van der Waals surface area (Å²) in [5, 5.41) is 24.8. The largest absolute Gasteiger partial charge is 0.490 e. The maximum atomic E-state index is 14.8. The van der Waals surface area contributed by atoms with Crippen molar-refractivity contribution in [1.29, 1.82) is 0 Å². The van der Waals surface area contributed by atoms with E-state index in [2.05, 4.69) is 17.1 Å². The number of benzene rings is 2. The summed E-state index contributed by atoms with van der Waals surface area (Å²) in [6, 6.07) is 12.5. The van der Waals surface area contributed by atoms with Gasteiger partial charge < -0.3 is 34.6 Å². The smallest absolute Gasteiger partial charge is 0.337 e. The summed E-state index contributed by atoms with van der Waals surface area (Å²) < 4.78 is 36.2. The quantitative estimate of drug-likeness (QED) is 0.172. The van der Waals surface area contributed by atoms with Crippen molar-refractivity contribution in [3.63, 3.8) is 0 Å². The molecule has 4 aromatic rings. The number of ether oxygens (including phenoxy) is 3. The first-order chi connectivity index (χ1) is 25.4. The van der Waals surface area contributed by atoms with Crippen LogP contribution in [0.3, 0.4) is 0 Å². The van der Waals surface area contributed by atoms with E-state index in [1.165, 1.54) is 12.1 Å². The van der Waals surface area contributed by atoms with Gasteiger partial charge in [0.1, 0.15) is 23.0 Å². The molecule has 0 aliphatic carbocycles. The molecule has 7 rings (SSSR count). The standard InChI is InChI=1S/C43H57FN4O6/c1-27-12-9-10-21-52-43(8)17-19-47(20-18-43)39-36(37(40(49)50)54-41(3,4)5)28(2)33(24-45-26-42(6,7)51)38-46-34(25-48(38)39)30-14-11-13-29(22-30)32-23-31(44)15-16-35(32)53-27/h11,13-16,22-23,25,27,37,45,51H,9-10,12,17-21,24,26H2,1-8H3,(H,49,50)/t27-,37-/m0/s1. The third-order valence-electron chi connectivity index (χ3n) is 10.4. The normalized spacial score (nSPS) is 20.5. The number of nitrogens with zero attached hydrogens (tertiary/aromatic N) is 3. The molecule has 5 heterocycles. The summed E-state index contributed by atoms with van der Waals surface area (Å²) in [4.78, 5) is 20.7. The van der Waals surface area contributed by atoms with Gasteiger partial charge in [0.15, 0.2) is 6.10 Å². The fourth-order valence-electron chi connectivity index (χ4n) is 7.59. The fourth-order valence-corrected chi connectivity index (χ4v) is 7.59. The van der Waals surface area contributed by atoms with Crippen LogP contribution in [-0.4, -0.2) is 74.7 Å². The van der Waals surface area contributed by atoms with E-state index in [9.17, 15) is 19.4 Å². The molecule has 292 valence electrons. The lowest BCUT2D eigenvalue weighted by atomic mass is 9.91. The minimum atomic E-state index is -1.27. The number of rotatable bonds is 7. The predicted molar refractivity (Wildman–Crippen MR) is 210 cm³/mol. The van der Waals surface area contributed by atoms with Gasteiger partial charge in [-0.2, -0.15) is 0 Å². The van der Waals surface area contributed by atoms with Gasteiger partial charge in [0.2, 0.25) is 0 Å². The predicted octanol–water partition coefficient (Wildman–Crippen LogP) is 8.24. The maximum absolute atomic E-state index is 14.8. The summed E-state index contributed by atoms with van der Waals surface area (Å²) in [6.45, 7) is 17.8. The molecule has 0 saturated carbocycles. The van der Waals surface area contributed by atoms with Crippen LogP contribution < -0.4 is 15.0 Å². The van der Waals surface area contributed by atoms with Gasteiger partial charge in [-0.05, 0) is 123 Å². The number of carbonyl (C=O) groups is 1. The molecule has 0 amide bonds. The van der Waals surface area contributed by atoms with Crippen LogP contribution in [0.25, 0.3) is 28.0 Å². The van der Waals surface area contributed by atoms with E-state index in [0.717, 1.165) is 60.2 Å². The SMILES string of the molecule is Cc1c([C@H](OC(C)(C)C)C(=O)O)c2n3cc(nc3c1CNCC(C)(C)O)-c1cccc(c1)-c1cc(F)ccc1O[C@@H](C)CCCCOC1(C)CCN2CC1. The number of halogens is 1. The molecule has 10 nitrogen and oxygen atoms in total. The number of carboxylic acid groups (broad SMARTS) is 1. The Morgan fingerprint density at radius 3 is 2.52 bits per heavy atom. The van der Waals surface area contributed by atoms with E-state index in [4.69, 9.17) is 19.2 Å². The van der Waals surface area contributed by atoms with Gasteiger partial charge in [-0.1, -0.05) is 18.2 Å². The number of imidazole rings is 1. The number of nitrogens with one attached hydrogen (secondary N) is 1. The van der Waals surface area contributed by atoms with Crippen molar-refractivity contribution in [3.05, 3.63) is 71.2 Å². The van der Waals surface area contributed by atoms with Crippen molar-refractivity contribution < 1.29 is 33.6 Å². The highest BCUT2D eigenvalue weighted by Crippen LogP contribution is 2.42. The van der Waals surface area contributed by atoms with E-state index in [1.807, 2.05) is 69.5 Å². The first-order valence-electron chi connectivity index (χ1n) is 19.3. The Kier molecular flexibility index (Phi) is 11.5. The van der Waals surface area contributed by atoms with Gasteiger partial charge in [0.25, 0.3) is 0 Å². The van der Waals surface area contributed by atoms with E-state index >= 15 is 0 Å². The molecule has 3 aliphatic rings. The fraction of sp³-hybridized carbons (Fsp3) is 0.535. The third-order valence-corrected chi connectivity index (χ3v) is 10.4. The van der Waals surface area contributed by atoms with Gasteiger partial charge in [-0.25, -0.2) is 14.2 Å². The van der Waals surface area contributed by atoms with Gasteiger partial charge in [0, 0.05) is 61.2 Å². The summed E-state index contributed by atoms with van der Waals surface area (Å²) in [7, 11) is 0. The number of piperidine rings is 1. The molecule has 2 aromatic carbocycles. The van der Waals surface area contributed by atoms with Crippen LogP contribution in [0.2, 0.25) is 0 Å². The third kappa shape index (κ3) is 9.08. The second-order valence-corrected chi connectivity index (χ2v) is 17.0. The lowest BCUT2D eigenvalue weighted by molar-refractivity contribution is -0.160. The second kappa shape index (κ2) is 15.6. The molecule has 0 spiro atoms.